The Bertz CT molecular complexity index is 387. The van der Waals surface area contributed by atoms with Crippen molar-refractivity contribution in [1.82, 2.24) is 0 Å². The zero-order valence-electron chi connectivity index (χ0n) is 9.45. The summed E-state index contributed by atoms with van der Waals surface area (Å²) in [6.07, 6.45) is 0. The first-order valence-electron chi connectivity index (χ1n) is 4.84. The van der Waals surface area contributed by atoms with E-state index in [9.17, 15) is 4.79 Å². The molecule has 5 heteroatoms. The fourth-order valence-corrected chi connectivity index (χ4v) is 0.950. The molecule has 0 spiro atoms. The molecule has 0 atom stereocenters. The van der Waals surface area contributed by atoms with Crippen LogP contribution >= 0.6 is 0 Å². The third-order valence-corrected chi connectivity index (χ3v) is 1.65. The van der Waals surface area contributed by atoms with Crippen LogP contribution in [0.1, 0.15) is 29.8 Å². The zero-order chi connectivity index (χ0) is 12.6. The van der Waals surface area contributed by atoms with E-state index in [-0.39, 0.29) is 11.6 Å². The predicted octanol–water partition coefficient (Wildman–Crippen LogP) is 2.21. The number of hydrogen-bond donors (Lipinski definition) is 3. The van der Waals surface area contributed by atoms with Crippen molar-refractivity contribution in [2.24, 2.45) is 10.8 Å². The third kappa shape index (κ3) is 4.56. The summed E-state index contributed by atoms with van der Waals surface area (Å²) in [5.41, 5.74) is 12.5. The maximum atomic E-state index is 11.0. The van der Waals surface area contributed by atoms with Gasteiger partial charge in [-0.3, -0.25) is 10.2 Å². The Morgan fingerprint density at radius 1 is 1.44 bits per heavy atom. The van der Waals surface area contributed by atoms with Gasteiger partial charge >= 0.3 is 0 Å². The molecule has 0 aliphatic rings. The number of benzene rings is 1. The summed E-state index contributed by atoms with van der Waals surface area (Å²) in [6.45, 7) is 4.11. The molecular weight excluding hydrogens is 204 g/mol. The number of carbonyl (C=O) groups is 1. The first-order valence-corrected chi connectivity index (χ1v) is 4.84. The lowest BCUT2D eigenvalue weighted by Crippen LogP contribution is -1.97. The highest BCUT2D eigenvalue weighted by Gasteiger charge is 2.03. The molecule has 1 aromatic rings. The van der Waals surface area contributed by atoms with Crippen molar-refractivity contribution in [2.75, 3.05) is 6.54 Å². The topological polar surface area (TPSA) is 103 Å². The first-order chi connectivity index (χ1) is 7.56. The van der Waals surface area contributed by atoms with Gasteiger partial charge < -0.3 is 5.73 Å². The number of nitrogens with one attached hydrogen (secondary N) is 2. The Hall–Kier alpha value is -1.88. The third-order valence-electron chi connectivity index (χ3n) is 1.65. The van der Waals surface area contributed by atoms with Gasteiger partial charge in [0.05, 0.1) is 0 Å². The standard InChI is InChI=1S/C9H9N3O.C2H7N/c1-6(13)7-3-2-4-8(5-7)9(10)12-11;1-2-3/h2-5,10-11H,1H3;2-3H2,1H3. The van der Waals surface area contributed by atoms with Crippen molar-refractivity contribution in [2.45, 2.75) is 13.8 Å². The summed E-state index contributed by atoms with van der Waals surface area (Å²) in [4.78, 5) is 11.0. The summed E-state index contributed by atoms with van der Waals surface area (Å²) in [5, 5.41) is 10.2. The Balaban J connectivity index is 0.000000673. The van der Waals surface area contributed by atoms with Crippen molar-refractivity contribution < 1.29 is 4.79 Å². The first kappa shape index (κ1) is 14.1. The maximum absolute atomic E-state index is 11.0. The van der Waals surface area contributed by atoms with Gasteiger partial charge in [-0.15, -0.1) is 5.11 Å². The van der Waals surface area contributed by atoms with Gasteiger partial charge in [-0.2, -0.15) is 0 Å². The molecule has 0 fully saturated rings. The number of hydrogen-bond acceptors (Lipinski definition) is 4. The SMILES string of the molecule is CC(=O)c1cccc(C(=N)N=N)c1.CCN. The summed E-state index contributed by atoms with van der Waals surface area (Å²) in [6, 6.07) is 6.55. The normalized spacial score (nSPS) is 8.69. The van der Waals surface area contributed by atoms with E-state index < -0.39 is 0 Å². The van der Waals surface area contributed by atoms with E-state index in [1.165, 1.54) is 6.92 Å². The van der Waals surface area contributed by atoms with Crippen molar-refractivity contribution in [3.8, 4) is 0 Å². The molecule has 0 bridgehead atoms. The van der Waals surface area contributed by atoms with Gasteiger partial charge in [-0.25, -0.2) is 5.53 Å². The fourth-order valence-electron chi connectivity index (χ4n) is 0.950. The summed E-state index contributed by atoms with van der Waals surface area (Å²) < 4.78 is 0. The molecule has 5 nitrogen and oxygen atoms in total. The highest BCUT2D eigenvalue weighted by atomic mass is 16.1. The predicted molar refractivity (Wildman–Crippen MR) is 63.2 cm³/mol. The number of carbonyl (C=O) groups excluding carboxylic acids is 1. The van der Waals surface area contributed by atoms with Crippen molar-refractivity contribution in [3.63, 3.8) is 0 Å². The molecular formula is C11H16N4O. The number of Topliss-reactive ketones (excluding diaryl/α,β-unsaturated/α-hetero) is 1. The van der Waals surface area contributed by atoms with E-state index in [1.54, 1.807) is 24.3 Å². The average Bonchev–Trinajstić information content (AvgIpc) is 2.29. The molecule has 1 aromatic carbocycles. The number of nitrogens with two attached hydrogens (primary N) is 1. The van der Waals surface area contributed by atoms with Crippen LogP contribution in [0.4, 0.5) is 0 Å². The van der Waals surface area contributed by atoms with Gasteiger partial charge in [0.2, 0.25) is 0 Å². The average molecular weight is 220 g/mol. The molecule has 0 aromatic heterocycles. The van der Waals surface area contributed by atoms with Crippen LogP contribution in [-0.2, 0) is 0 Å². The maximum Gasteiger partial charge on any atom is 0.173 e. The number of ketones is 1. The van der Waals surface area contributed by atoms with Crippen LogP contribution < -0.4 is 5.73 Å². The van der Waals surface area contributed by atoms with Crippen LogP contribution in [0.5, 0.6) is 0 Å². The number of rotatable bonds is 2. The largest absolute Gasteiger partial charge is 0.331 e. The van der Waals surface area contributed by atoms with E-state index in [0.29, 0.717) is 11.1 Å². The minimum atomic E-state index is -0.136. The molecule has 0 aliphatic heterocycles. The van der Waals surface area contributed by atoms with Crippen LogP contribution in [0.3, 0.4) is 0 Å². The Kier molecular flexibility index (Phi) is 6.55. The van der Waals surface area contributed by atoms with Gasteiger partial charge in [0.15, 0.2) is 11.6 Å². The van der Waals surface area contributed by atoms with Gasteiger partial charge in [-0.05, 0) is 19.5 Å². The molecule has 0 heterocycles. The van der Waals surface area contributed by atoms with E-state index in [0.717, 1.165) is 6.54 Å². The highest BCUT2D eigenvalue weighted by Crippen LogP contribution is 2.06. The van der Waals surface area contributed by atoms with Gasteiger partial charge in [0.1, 0.15) is 0 Å². The van der Waals surface area contributed by atoms with Gasteiger partial charge in [0.25, 0.3) is 0 Å². The van der Waals surface area contributed by atoms with Crippen LogP contribution in [0.15, 0.2) is 29.4 Å². The summed E-state index contributed by atoms with van der Waals surface area (Å²) in [7, 11) is 0. The van der Waals surface area contributed by atoms with Crippen LogP contribution in [0, 0.1) is 10.9 Å². The van der Waals surface area contributed by atoms with Gasteiger partial charge in [-0.1, -0.05) is 25.1 Å². The smallest absolute Gasteiger partial charge is 0.173 e. The second-order valence-corrected chi connectivity index (χ2v) is 3.01. The van der Waals surface area contributed by atoms with E-state index in [1.807, 2.05) is 6.92 Å². The second-order valence-electron chi connectivity index (χ2n) is 3.01. The molecule has 0 amide bonds. The molecule has 0 aliphatic carbocycles. The van der Waals surface area contributed by atoms with Crippen LogP contribution in [-0.4, -0.2) is 18.2 Å². The lowest BCUT2D eigenvalue weighted by molar-refractivity contribution is 0.101. The van der Waals surface area contributed by atoms with E-state index >= 15 is 0 Å². The van der Waals surface area contributed by atoms with Gasteiger partial charge in [0, 0.05) is 11.1 Å². The van der Waals surface area contributed by atoms with E-state index in [4.69, 9.17) is 16.7 Å². The lowest BCUT2D eigenvalue weighted by Gasteiger charge is -1.98. The Morgan fingerprint density at radius 3 is 2.38 bits per heavy atom. The highest BCUT2D eigenvalue weighted by molar-refractivity contribution is 6.00. The number of amidine groups is 1. The molecule has 4 N–H and O–H groups in total. The van der Waals surface area contributed by atoms with Crippen molar-refractivity contribution in [3.05, 3.63) is 35.4 Å². The quantitative estimate of drug-likeness (QED) is 0.308. The molecule has 1 rings (SSSR count). The molecule has 86 valence electrons. The minimum absolute atomic E-state index is 0.0559. The zero-order valence-corrected chi connectivity index (χ0v) is 9.45. The molecule has 0 saturated carbocycles. The van der Waals surface area contributed by atoms with Crippen molar-refractivity contribution in [1.29, 1.82) is 10.9 Å². The van der Waals surface area contributed by atoms with E-state index in [2.05, 4.69) is 5.11 Å². The molecule has 0 unspecified atom stereocenters. The Morgan fingerprint density at radius 2 is 1.94 bits per heavy atom. The van der Waals surface area contributed by atoms with Crippen LogP contribution in [0.25, 0.3) is 0 Å². The number of nitrogens with zero attached hydrogens (tertiary/aromatic N) is 1. The lowest BCUT2D eigenvalue weighted by atomic mass is 10.1. The molecule has 0 radical (unpaired) electrons. The molecule has 0 saturated heterocycles. The summed E-state index contributed by atoms with van der Waals surface area (Å²) >= 11 is 0. The van der Waals surface area contributed by atoms with Crippen LogP contribution in [0.2, 0.25) is 0 Å². The van der Waals surface area contributed by atoms with Crippen molar-refractivity contribution >= 4 is 11.6 Å². The Labute approximate surface area is 94.7 Å². The monoisotopic (exact) mass is 220 g/mol. The minimum Gasteiger partial charge on any atom is -0.331 e. The fraction of sp³-hybridized carbons (Fsp3) is 0.273. The summed E-state index contributed by atoms with van der Waals surface area (Å²) in [5.74, 6) is -0.192. The molecule has 16 heavy (non-hydrogen) atoms. The second kappa shape index (κ2) is 7.42.